The second kappa shape index (κ2) is 9.36. The standard InChI is InChI=1S/C20H23ClFN5O3/c1-11-9-23-5-6-27(11)20(28)30-17-7-14-15(8-16(17)29-4)24-10-25-19(14)26-13(3)18(22)12(2)21/h7-8,10-11,23H,5-6,9H2,1-4H3/b18-12-,26-13?. The van der Waals surface area contributed by atoms with Gasteiger partial charge in [0, 0.05) is 37.1 Å². The van der Waals surface area contributed by atoms with Crippen LogP contribution in [0.3, 0.4) is 0 Å². The van der Waals surface area contributed by atoms with Crippen molar-refractivity contribution >= 4 is 40.1 Å². The molecule has 1 atom stereocenters. The van der Waals surface area contributed by atoms with Crippen molar-refractivity contribution in [3.05, 3.63) is 29.3 Å². The van der Waals surface area contributed by atoms with E-state index in [2.05, 4.69) is 20.3 Å². The Labute approximate surface area is 178 Å². The summed E-state index contributed by atoms with van der Waals surface area (Å²) in [6.07, 6.45) is 0.837. The molecule has 0 saturated carbocycles. The maximum absolute atomic E-state index is 14.1. The highest BCUT2D eigenvalue weighted by Gasteiger charge is 2.26. The van der Waals surface area contributed by atoms with Gasteiger partial charge in [0.1, 0.15) is 6.33 Å². The highest BCUT2D eigenvalue weighted by Crippen LogP contribution is 2.35. The number of rotatable bonds is 4. The number of carbonyl (C=O) groups is 1. The first kappa shape index (κ1) is 21.9. The number of halogens is 2. The third-order valence-corrected chi connectivity index (χ3v) is 4.89. The highest BCUT2D eigenvalue weighted by atomic mass is 35.5. The van der Waals surface area contributed by atoms with Crippen molar-refractivity contribution in [1.82, 2.24) is 20.2 Å². The van der Waals surface area contributed by atoms with Gasteiger partial charge in [-0.05, 0) is 26.8 Å². The fourth-order valence-corrected chi connectivity index (χ4v) is 3.24. The van der Waals surface area contributed by atoms with Crippen molar-refractivity contribution in [2.24, 2.45) is 4.99 Å². The van der Waals surface area contributed by atoms with E-state index < -0.39 is 11.9 Å². The maximum Gasteiger partial charge on any atom is 0.415 e. The van der Waals surface area contributed by atoms with E-state index in [9.17, 15) is 9.18 Å². The van der Waals surface area contributed by atoms with Gasteiger partial charge < -0.3 is 19.7 Å². The molecule has 1 aromatic carbocycles. The van der Waals surface area contributed by atoms with E-state index in [0.717, 1.165) is 0 Å². The van der Waals surface area contributed by atoms with Crippen LogP contribution in [0.25, 0.3) is 10.9 Å². The molecule has 1 amide bonds. The van der Waals surface area contributed by atoms with E-state index in [-0.39, 0.29) is 28.4 Å². The van der Waals surface area contributed by atoms with E-state index >= 15 is 0 Å². The van der Waals surface area contributed by atoms with E-state index in [0.29, 0.717) is 36.3 Å². The molecule has 2 aromatic rings. The first-order valence-corrected chi connectivity index (χ1v) is 9.79. The van der Waals surface area contributed by atoms with Crippen LogP contribution in [-0.2, 0) is 0 Å². The van der Waals surface area contributed by atoms with Crippen molar-refractivity contribution in [3.63, 3.8) is 0 Å². The molecule has 0 spiro atoms. The predicted octanol–water partition coefficient (Wildman–Crippen LogP) is 3.96. The van der Waals surface area contributed by atoms with E-state index in [1.807, 2.05) is 6.92 Å². The Balaban J connectivity index is 2.02. The minimum Gasteiger partial charge on any atom is -0.493 e. The van der Waals surface area contributed by atoms with Crippen molar-refractivity contribution in [3.8, 4) is 11.5 Å². The molecule has 1 fully saturated rings. The Hall–Kier alpha value is -2.78. The molecule has 1 saturated heterocycles. The molecule has 1 N–H and O–H groups in total. The molecule has 30 heavy (non-hydrogen) atoms. The Bertz CT molecular complexity index is 1020. The van der Waals surface area contributed by atoms with Crippen LogP contribution < -0.4 is 14.8 Å². The highest BCUT2D eigenvalue weighted by molar-refractivity contribution is 6.31. The summed E-state index contributed by atoms with van der Waals surface area (Å²) < 4.78 is 25.1. The summed E-state index contributed by atoms with van der Waals surface area (Å²) in [5.41, 5.74) is 0.585. The summed E-state index contributed by atoms with van der Waals surface area (Å²) in [4.78, 5) is 26.9. The van der Waals surface area contributed by atoms with Crippen LogP contribution in [-0.4, -0.2) is 59.5 Å². The van der Waals surface area contributed by atoms with Gasteiger partial charge in [-0.1, -0.05) is 11.6 Å². The first-order chi connectivity index (χ1) is 14.3. The van der Waals surface area contributed by atoms with Crippen LogP contribution in [0, 0.1) is 0 Å². The Morgan fingerprint density at radius 1 is 1.33 bits per heavy atom. The molecule has 160 valence electrons. The number of benzene rings is 1. The quantitative estimate of drug-likeness (QED) is 0.731. The third kappa shape index (κ3) is 4.68. The van der Waals surface area contributed by atoms with Gasteiger partial charge in [-0.25, -0.2) is 24.1 Å². The molecular formula is C20H23ClFN5O3. The normalized spacial score (nSPS) is 18.3. The molecule has 0 aliphatic carbocycles. The first-order valence-electron chi connectivity index (χ1n) is 9.41. The number of amides is 1. The van der Waals surface area contributed by atoms with Gasteiger partial charge in [-0.15, -0.1) is 0 Å². The predicted molar refractivity (Wildman–Crippen MR) is 114 cm³/mol. The Morgan fingerprint density at radius 3 is 2.77 bits per heavy atom. The fraction of sp³-hybridized carbons (Fsp3) is 0.400. The second-order valence-electron chi connectivity index (χ2n) is 6.88. The SMILES string of the molecule is COc1cc2ncnc(N=C(C)/C(F)=C(\C)Cl)c2cc1OC(=O)N1CCNCC1C. The number of nitrogens with zero attached hydrogens (tertiary/aromatic N) is 4. The maximum atomic E-state index is 14.1. The number of hydrogen-bond acceptors (Lipinski definition) is 7. The van der Waals surface area contributed by atoms with Crippen molar-refractivity contribution in [2.75, 3.05) is 26.7 Å². The second-order valence-corrected chi connectivity index (χ2v) is 7.44. The van der Waals surface area contributed by atoms with E-state index in [4.69, 9.17) is 21.1 Å². The number of methoxy groups -OCH3 is 1. The number of piperazine rings is 1. The average Bonchev–Trinajstić information content (AvgIpc) is 2.73. The zero-order valence-electron chi connectivity index (χ0n) is 17.2. The van der Waals surface area contributed by atoms with Crippen LogP contribution in [0.2, 0.25) is 0 Å². The lowest BCUT2D eigenvalue weighted by atomic mass is 10.2. The van der Waals surface area contributed by atoms with Gasteiger partial charge in [-0.2, -0.15) is 0 Å². The van der Waals surface area contributed by atoms with Gasteiger partial charge in [0.2, 0.25) is 0 Å². The molecule has 0 radical (unpaired) electrons. The zero-order chi connectivity index (χ0) is 21.8. The van der Waals surface area contributed by atoms with Crippen LogP contribution >= 0.6 is 11.6 Å². The summed E-state index contributed by atoms with van der Waals surface area (Å²) in [5.74, 6) is 0.137. The summed E-state index contributed by atoms with van der Waals surface area (Å²) in [6, 6.07) is 3.19. The number of carbonyl (C=O) groups excluding carboxylic acids is 1. The summed E-state index contributed by atoms with van der Waals surface area (Å²) >= 11 is 5.72. The molecule has 1 aliphatic rings. The largest absolute Gasteiger partial charge is 0.493 e. The molecule has 8 nitrogen and oxygen atoms in total. The number of allylic oxidation sites excluding steroid dienone is 2. The Kier molecular flexibility index (Phi) is 6.84. The van der Waals surface area contributed by atoms with Crippen molar-refractivity contribution < 1.29 is 18.7 Å². The fourth-order valence-electron chi connectivity index (χ4n) is 3.10. The minimum absolute atomic E-state index is 0.00241. The number of aliphatic imine (C=N–C) groups is 1. The number of hydrogen-bond donors (Lipinski definition) is 1. The van der Waals surface area contributed by atoms with Gasteiger partial charge in [0.25, 0.3) is 0 Å². The van der Waals surface area contributed by atoms with Crippen LogP contribution in [0.15, 0.2) is 34.3 Å². The molecule has 1 aromatic heterocycles. The van der Waals surface area contributed by atoms with Gasteiger partial charge >= 0.3 is 6.09 Å². The van der Waals surface area contributed by atoms with E-state index in [1.54, 1.807) is 17.0 Å². The minimum atomic E-state index is -0.628. The molecule has 1 unspecified atom stereocenters. The van der Waals surface area contributed by atoms with Crippen LogP contribution in [0.4, 0.5) is 15.0 Å². The molecular weight excluding hydrogens is 413 g/mol. The zero-order valence-corrected chi connectivity index (χ0v) is 18.0. The molecule has 3 rings (SSSR count). The summed E-state index contributed by atoms with van der Waals surface area (Å²) in [5, 5.41) is 3.70. The van der Waals surface area contributed by atoms with Crippen molar-refractivity contribution in [1.29, 1.82) is 0 Å². The topological polar surface area (TPSA) is 88.9 Å². The summed E-state index contributed by atoms with van der Waals surface area (Å²) in [7, 11) is 1.47. The Morgan fingerprint density at radius 2 is 2.10 bits per heavy atom. The van der Waals surface area contributed by atoms with Crippen LogP contribution in [0.1, 0.15) is 20.8 Å². The lowest BCUT2D eigenvalue weighted by Gasteiger charge is -2.33. The number of aromatic nitrogens is 2. The number of nitrogens with one attached hydrogen (secondary N) is 1. The molecule has 2 heterocycles. The van der Waals surface area contributed by atoms with Gasteiger partial charge in [0.15, 0.2) is 23.1 Å². The van der Waals surface area contributed by atoms with Gasteiger partial charge in [0.05, 0.1) is 23.4 Å². The van der Waals surface area contributed by atoms with Crippen LogP contribution in [0.5, 0.6) is 11.5 Å². The lowest BCUT2D eigenvalue weighted by molar-refractivity contribution is 0.123. The number of fused-ring (bicyclic) bond motifs is 1. The molecule has 0 bridgehead atoms. The average molecular weight is 436 g/mol. The lowest BCUT2D eigenvalue weighted by Crippen LogP contribution is -2.53. The molecule has 10 heteroatoms. The van der Waals surface area contributed by atoms with Gasteiger partial charge in [-0.3, -0.25) is 0 Å². The van der Waals surface area contributed by atoms with E-state index in [1.165, 1.54) is 27.3 Å². The third-order valence-electron chi connectivity index (χ3n) is 4.73. The van der Waals surface area contributed by atoms with Crippen molar-refractivity contribution in [2.45, 2.75) is 26.8 Å². The monoisotopic (exact) mass is 435 g/mol. The summed E-state index contributed by atoms with van der Waals surface area (Å²) in [6.45, 7) is 6.79. The smallest absolute Gasteiger partial charge is 0.415 e. The molecule has 1 aliphatic heterocycles. The number of ether oxygens (including phenoxy) is 2.